The van der Waals surface area contributed by atoms with Crippen LogP contribution in [0.2, 0.25) is 0 Å². The van der Waals surface area contributed by atoms with Gasteiger partial charge in [-0.15, -0.1) is 0 Å². The number of amides is 1. The number of nitrogens with one attached hydrogen (secondary N) is 1. The zero-order valence-electron chi connectivity index (χ0n) is 27.1. The average Bonchev–Trinajstić information content (AvgIpc) is 3.47. The molecule has 1 atom stereocenters. The maximum atomic E-state index is 15.6. The van der Waals surface area contributed by atoms with Crippen LogP contribution >= 0.6 is 0 Å². The normalized spacial score (nSPS) is 12.8. The molecule has 0 aromatic heterocycles. The van der Waals surface area contributed by atoms with Gasteiger partial charge in [0.15, 0.2) is 28.9 Å². The topological polar surface area (TPSA) is 102 Å². The van der Waals surface area contributed by atoms with Crippen molar-refractivity contribution in [2.45, 2.75) is 30.4 Å². The zero-order valence-corrected chi connectivity index (χ0v) is 27.1. The summed E-state index contributed by atoms with van der Waals surface area (Å²) < 4.78 is 114. The van der Waals surface area contributed by atoms with E-state index >= 15 is 8.78 Å². The molecule has 2 N–H and O–H groups in total. The Balaban J connectivity index is 1.26. The number of rotatable bonds is 11. The molecule has 7 nitrogen and oxygen atoms in total. The van der Waals surface area contributed by atoms with Gasteiger partial charge in [-0.3, -0.25) is 4.79 Å². The fourth-order valence-electron chi connectivity index (χ4n) is 6.43. The van der Waals surface area contributed by atoms with Crippen LogP contribution in [0.3, 0.4) is 0 Å². The number of ether oxygens (including phenoxy) is 2. The molecule has 0 fully saturated rings. The Morgan fingerprint density at radius 3 is 1.58 bits per heavy atom. The fraction of sp³-hybridized carbons (Fsp3) is 0.154. The predicted octanol–water partition coefficient (Wildman–Crippen LogP) is 8.27. The van der Waals surface area contributed by atoms with Crippen LogP contribution in [0.15, 0.2) is 97.1 Å². The van der Waals surface area contributed by atoms with E-state index in [1.54, 1.807) is 0 Å². The predicted molar refractivity (Wildman–Crippen MR) is 174 cm³/mol. The molecule has 0 saturated heterocycles. The number of esters is 1. The first-order valence-corrected chi connectivity index (χ1v) is 15.9. The molecule has 1 amide bonds. The molecule has 14 heteroatoms. The third-order valence-electron chi connectivity index (χ3n) is 8.90. The molecule has 1 aliphatic carbocycles. The zero-order chi connectivity index (χ0) is 38.0. The number of hydrogen-bond donors (Lipinski definition) is 2. The summed E-state index contributed by atoms with van der Waals surface area (Å²) >= 11 is 0. The fourth-order valence-corrected chi connectivity index (χ4v) is 6.43. The van der Waals surface area contributed by atoms with Crippen LogP contribution in [0.25, 0.3) is 11.1 Å². The molecule has 6 rings (SSSR count). The molecular weight excluding hydrogens is 711 g/mol. The van der Waals surface area contributed by atoms with Gasteiger partial charge in [-0.2, -0.15) is 0 Å². The molecule has 5 aromatic carbocycles. The number of hydrogen-bond acceptors (Lipinski definition) is 5. The lowest BCUT2D eigenvalue weighted by Crippen LogP contribution is -2.42. The van der Waals surface area contributed by atoms with Crippen LogP contribution in [0.4, 0.5) is 35.5 Å². The van der Waals surface area contributed by atoms with Crippen molar-refractivity contribution >= 4 is 18.0 Å². The number of carboxylic acids is 1. The van der Waals surface area contributed by atoms with Crippen molar-refractivity contribution in [2.24, 2.45) is 0 Å². The summed E-state index contributed by atoms with van der Waals surface area (Å²) in [5, 5.41) is 12.0. The SMILES string of the molecule is O=C(CC[C@H](NC(=O)OCC1c2ccccc2-c2ccccc21)C(=O)O)OC(c1ccc(F)cc1)(c1ccc(F)cc1)c1c(F)c(F)c(F)c(F)c1F. The molecule has 0 spiro atoms. The summed E-state index contributed by atoms with van der Waals surface area (Å²) in [6.45, 7) is -0.173. The molecule has 0 radical (unpaired) electrons. The van der Waals surface area contributed by atoms with Gasteiger partial charge in [0.1, 0.15) is 24.3 Å². The summed E-state index contributed by atoms with van der Waals surface area (Å²) in [5.74, 6) is -17.4. The highest BCUT2D eigenvalue weighted by Gasteiger charge is 2.48. The molecule has 0 unspecified atom stereocenters. The maximum absolute atomic E-state index is 15.6. The Kier molecular flexibility index (Phi) is 10.2. The Bertz CT molecular complexity index is 2090. The maximum Gasteiger partial charge on any atom is 0.407 e. The largest absolute Gasteiger partial charge is 0.480 e. The van der Waals surface area contributed by atoms with E-state index in [0.717, 1.165) is 70.8 Å². The van der Waals surface area contributed by atoms with E-state index in [-0.39, 0.29) is 12.5 Å². The number of carbonyl (C=O) groups is 3. The van der Waals surface area contributed by atoms with Crippen molar-refractivity contribution in [3.8, 4) is 11.1 Å². The van der Waals surface area contributed by atoms with E-state index in [0.29, 0.717) is 0 Å². The summed E-state index contributed by atoms with van der Waals surface area (Å²) in [6.07, 6.45) is -2.78. The van der Waals surface area contributed by atoms with Crippen LogP contribution in [0.5, 0.6) is 0 Å². The average molecular weight is 738 g/mol. The lowest BCUT2D eigenvalue weighted by Gasteiger charge is -2.36. The number of halogens is 7. The Labute approximate surface area is 296 Å². The second kappa shape index (κ2) is 14.8. The molecule has 1 aliphatic rings. The van der Waals surface area contributed by atoms with E-state index in [4.69, 9.17) is 9.47 Å². The molecule has 53 heavy (non-hydrogen) atoms. The van der Waals surface area contributed by atoms with Gasteiger partial charge in [-0.1, -0.05) is 72.8 Å². The lowest BCUT2D eigenvalue weighted by molar-refractivity contribution is -0.154. The molecule has 0 bridgehead atoms. The number of carbonyl (C=O) groups excluding carboxylic acids is 2. The van der Waals surface area contributed by atoms with E-state index in [1.165, 1.54) is 0 Å². The van der Waals surface area contributed by atoms with Crippen molar-refractivity contribution < 1.29 is 59.7 Å². The summed E-state index contributed by atoms with van der Waals surface area (Å²) in [7, 11) is 0. The lowest BCUT2D eigenvalue weighted by atomic mass is 9.79. The van der Waals surface area contributed by atoms with Gasteiger partial charge in [0.05, 0.1) is 5.56 Å². The van der Waals surface area contributed by atoms with Crippen LogP contribution in [0.1, 0.15) is 46.6 Å². The minimum atomic E-state index is -3.07. The Hall–Kier alpha value is -6.18. The molecule has 0 aliphatic heterocycles. The van der Waals surface area contributed by atoms with Crippen molar-refractivity contribution in [3.63, 3.8) is 0 Å². The van der Waals surface area contributed by atoms with Gasteiger partial charge in [-0.05, 0) is 52.9 Å². The highest BCUT2D eigenvalue weighted by atomic mass is 19.2. The number of carboxylic acid groups (broad SMARTS) is 1. The third-order valence-corrected chi connectivity index (χ3v) is 8.90. The first-order chi connectivity index (χ1) is 25.3. The van der Waals surface area contributed by atoms with E-state index in [9.17, 15) is 41.4 Å². The van der Waals surface area contributed by atoms with Crippen molar-refractivity contribution in [1.29, 1.82) is 0 Å². The van der Waals surface area contributed by atoms with Crippen molar-refractivity contribution in [3.05, 3.63) is 166 Å². The van der Waals surface area contributed by atoms with E-state index in [2.05, 4.69) is 5.32 Å². The van der Waals surface area contributed by atoms with Crippen molar-refractivity contribution in [2.75, 3.05) is 6.61 Å². The van der Waals surface area contributed by atoms with Crippen LogP contribution < -0.4 is 5.32 Å². The second-order valence-electron chi connectivity index (χ2n) is 12.0. The van der Waals surface area contributed by atoms with E-state index in [1.807, 2.05) is 48.5 Å². The Morgan fingerprint density at radius 2 is 1.11 bits per heavy atom. The third kappa shape index (κ3) is 6.91. The summed E-state index contributed by atoms with van der Waals surface area (Å²) in [4.78, 5) is 38.5. The summed E-state index contributed by atoms with van der Waals surface area (Å²) in [6, 6.07) is 19.6. The molecular formula is C39H26F7NO6. The second-order valence-corrected chi connectivity index (χ2v) is 12.0. The van der Waals surface area contributed by atoms with E-state index < -0.39 is 99.9 Å². The van der Waals surface area contributed by atoms with Crippen molar-refractivity contribution in [1.82, 2.24) is 5.32 Å². The highest BCUT2D eigenvalue weighted by Crippen LogP contribution is 2.46. The number of alkyl carbamates (subject to hydrolysis) is 1. The summed E-state index contributed by atoms with van der Waals surface area (Å²) in [5.41, 5.74) is -2.13. The van der Waals surface area contributed by atoms with Gasteiger partial charge in [0, 0.05) is 23.5 Å². The van der Waals surface area contributed by atoms with Crippen LogP contribution in [-0.4, -0.2) is 35.8 Å². The van der Waals surface area contributed by atoms with Gasteiger partial charge >= 0.3 is 18.0 Å². The molecule has 0 saturated carbocycles. The first kappa shape index (κ1) is 36.6. The minimum absolute atomic E-state index is 0.173. The molecule has 0 heterocycles. The monoisotopic (exact) mass is 737 g/mol. The van der Waals surface area contributed by atoms with Gasteiger partial charge in [0.2, 0.25) is 5.82 Å². The number of aliphatic carboxylic acids is 1. The molecule has 5 aromatic rings. The minimum Gasteiger partial charge on any atom is -0.480 e. The van der Waals surface area contributed by atoms with Gasteiger partial charge in [0.25, 0.3) is 0 Å². The van der Waals surface area contributed by atoms with Crippen LogP contribution in [0, 0.1) is 40.7 Å². The standard InChI is InChI=1S/C39H26F7NO6/c40-22-13-9-20(10-14-22)39(21-11-15-23(41)16-12-21,31-32(42)34(44)36(46)35(45)33(31)43)53-30(48)18-17-29(37(49)50)47-38(51)52-19-28-26-7-3-1-5-24(26)25-6-2-4-8-27(25)28/h1-16,28-29H,17-19H2,(H,47,51)(H,49,50)/t29-/m0/s1. The van der Waals surface area contributed by atoms with Gasteiger partial charge < -0.3 is 19.9 Å². The molecule has 272 valence electrons. The Morgan fingerprint density at radius 1 is 0.660 bits per heavy atom. The quantitative estimate of drug-likeness (QED) is 0.0466. The number of fused-ring (bicyclic) bond motifs is 3. The van der Waals surface area contributed by atoms with Crippen LogP contribution in [-0.2, 0) is 24.7 Å². The smallest absolute Gasteiger partial charge is 0.407 e. The number of benzene rings is 5. The van der Waals surface area contributed by atoms with Gasteiger partial charge in [-0.25, -0.2) is 40.3 Å². The highest BCUT2D eigenvalue weighted by molar-refractivity contribution is 5.82. The first-order valence-electron chi connectivity index (χ1n) is 15.9.